The highest BCUT2D eigenvalue weighted by molar-refractivity contribution is 5.79. The van der Waals surface area contributed by atoms with E-state index in [9.17, 15) is 4.79 Å². The van der Waals surface area contributed by atoms with Crippen molar-refractivity contribution in [2.45, 2.75) is 39.2 Å². The van der Waals surface area contributed by atoms with Crippen molar-refractivity contribution in [3.05, 3.63) is 0 Å². The second-order valence-electron chi connectivity index (χ2n) is 5.10. The van der Waals surface area contributed by atoms with Gasteiger partial charge in [-0.2, -0.15) is 0 Å². The molecule has 3 unspecified atom stereocenters. The van der Waals surface area contributed by atoms with Gasteiger partial charge in [0.15, 0.2) is 0 Å². The summed E-state index contributed by atoms with van der Waals surface area (Å²) in [5.74, 6) is 0.837. The zero-order chi connectivity index (χ0) is 12.8. The quantitative estimate of drug-likeness (QED) is 0.789. The molecule has 0 radical (unpaired) electrons. The van der Waals surface area contributed by atoms with Crippen molar-refractivity contribution in [1.29, 1.82) is 0 Å². The maximum absolute atomic E-state index is 12.4. The van der Waals surface area contributed by atoms with Gasteiger partial charge in [0.1, 0.15) is 0 Å². The number of nitrogens with zero attached hydrogens (tertiary/aromatic N) is 1. The molecule has 0 aromatic heterocycles. The van der Waals surface area contributed by atoms with Gasteiger partial charge in [-0.1, -0.05) is 6.92 Å². The molecule has 0 aromatic carbocycles. The predicted molar refractivity (Wildman–Crippen MR) is 68.6 cm³/mol. The lowest BCUT2D eigenvalue weighted by atomic mass is 9.78. The van der Waals surface area contributed by atoms with Crippen molar-refractivity contribution in [1.82, 2.24) is 4.90 Å². The highest BCUT2D eigenvalue weighted by atomic mass is 16.5. The summed E-state index contributed by atoms with van der Waals surface area (Å²) >= 11 is 0. The smallest absolute Gasteiger partial charge is 0.227 e. The number of amides is 1. The fraction of sp³-hybridized carbons (Fsp3) is 0.923. The molecule has 0 spiro atoms. The molecule has 1 aliphatic rings. The van der Waals surface area contributed by atoms with Crippen LogP contribution in [0.1, 0.15) is 33.1 Å². The van der Waals surface area contributed by atoms with E-state index in [2.05, 4.69) is 6.92 Å². The number of hydrogen-bond donors (Lipinski definition) is 1. The van der Waals surface area contributed by atoms with Crippen molar-refractivity contribution >= 4 is 5.91 Å². The molecule has 1 rings (SSSR count). The monoisotopic (exact) mass is 242 g/mol. The lowest BCUT2D eigenvalue weighted by molar-refractivity contribution is -0.138. The Kier molecular flexibility index (Phi) is 5.92. The second kappa shape index (κ2) is 6.97. The molecule has 0 bridgehead atoms. The minimum absolute atomic E-state index is 0.00977. The van der Waals surface area contributed by atoms with Gasteiger partial charge in [-0.05, 0) is 32.1 Å². The third-order valence-corrected chi connectivity index (χ3v) is 3.74. The highest BCUT2D eigenvalue weighted by Crippen LogP contribution is 2.29. The van der Waals surface area contributed by atoms with Crippen LogP contribution in [0, 0.1) is 11.8 Å². The molecule has 1 fully saturated rings. The summed E-state index contributed by atoms with van der Waals surface area (Å²) in [6.07, 6.45) is 3.05. The average molecular weight is 242 g/mol. The van der Waals surface area contributed by atoms with E-state index in [0.29, 0.717) is 19.1 Å². The molecule has 0 aliphatic heterocycles. The molecular formula is C13H26N2O2. The Hall–Kier alpha value is -0.610. The fourth-order valence-corrected chi connectivity index (χ4v) is 2.55. The first-order valence-corrected chi connectivity index (χ1v) is 6.63. The number of methoxy groups -OCH3 is 1. The normalized spacial score (nSPS) is 29.1. The van der Waals surface area contributed by atoms with Crippen LogP contribution in [0.25, 0.3) is 0 Å². The third-order valence-electron chi connectivity index (χ3n) is 3.74. The van der Waals surface area contributed by atoms with E-state index in [-0.39, 0.29) is 17.9 Å². The Morgan fingerprint density at radius 2 is 2.18 bits per heavy atom. The van der Waals surface area contributed by atoms with Gasteiger partial charge < -0.3 is 15.4 Å². The summed E-state index contributed by atoms with van der Waals surface area (Å²) in [5, 5.41) is 0. The summed E-state index contributed by atoms with van der Waals surface area (Å²) in [5.41, 5.74) is 6.08. The van der Waals surface area contributed by atoms with Gasteiger partial charge in [0, 0.05) is 26.2 Å². The zero-order valence-corrected chi connectivity index (χ0v) is 11.3. The van der Waals surface area contributed by atoms with E-state index in [4.69, 9.17) is 10.5 Å². The van der Waals surface area contributed by atoms with E-state index in [1.54, 1.807) is 7.11 Å². The van der Waals surface area contributed by atoms with Gasteiger partial charge in [-0.3, -0.25) is 4.79 Å². The van der Waals surface area contributed by atoms with Crippen LogP contribution in [-0.4, -0.2) is 43.7 Å². The Balaban J connectivity index is 2.58. The maximum atomic E-state index is 12.4. The minimum atomic E-state index is 0.00977. The molecule has 0 aromatic rings. The molecule has 2 N–H and O–H groups in total. The summed E-state index contributed by atoms with van der Waals surface area (Å²) in [6.45, 7) is 6.21. The van der Waals surface area contributed by atoms with Crippen LogP contribution in [0.5, 0.6) is 0 Å². The van der Waals surface area contributed by atoms with E-state index in [0.717, 1.165) is 25.8 Å². The van der Waals surface area contributed by atoms with Crippen LogP contribution in [0.15, 0.2) is 0 Å². The first-order valence-electron chi connectivity index (χ1n) is 6.63. The van der Waals surface area contributed by atoms with Crippen LogP contribution in [0.4, 0.5) is 0 Å². The fourth-order valence-electron chi connectivity index (χ4n) is 2.55. The number of hydrogen-bond acceptors (Lipinski definition) is 3. The van der Waals surface area contributed by atoms with Crippen LogP contribution >= 0.6 is 0 Å². The van der Waals surface area contributed by atoms with Gasteiger partial charge in [0.2, 0.25) is 5.91 Å². The van der Waals surface area contributed by atoms with E-state index < -0.39 is 0 Å². The molecule has 4 nitrogen and oxygen atoms in total. The second-order valence-corrected chi connectivity index (χ2v) is 5.10. The van der Waals surface area contributed by atoms with Crippen molar-refractivity contribution < 1.29 is 9.53 Å². The van der Waals surface area contributed by atoms with Crippen LogP contribution in [0.3, 0.4) is 0 Å². The van der Waals surface area contributed by atoms with E-state index in [1.807, 2.05) is 11.8 Å². The molecule has 3 atom stereocenters. The minimum Gasteiger partial charge on any atom is -0.383 e. The molecule has 100 valence electrons. The molecule has 17 heavy (non-hydrogen) atoms. The van der Waals surface area contributed by atoms with Crippen molar-refractivity contribution in [3.63, 3.8) is 0 Å². The number of carbonyl (C=O) groups excluding carboxylic acids is 1. The van der Waals surface area contributed by atoms with E-state index >= 15 is 0 Å². The first kappa shape index (κ1) is 14.5. The van der Waals surface area contributed by atoms with Gasteiger partial charge >= 0.3 is 0 Å². The topological polar surface area (TPSA) is 55.6 Å². The first-order chi connectivity index (χ1) is 8.10. The average Bonchev–Trinajstić information content (AvgIpc) is 2.33. The summed E-state index contributed by atoms with van der Waals surface area (Å²) in [7, 11) is 1.66. The zero-order valence-electron chi connectivity index (χ0n) is 11.3. The molecule has 1 saturated carbocycles. The Bertz CT molecular complexity index is 246. The number of carbonyl (C=O) groups is 1. The number of rotatable bonds is 5. The molecule has 4 heteroatoms. The van der Waals surface area contributed by atoms with Gasteiger partial charge in [0.05, 0.1) is 12.5 Å². The summed E-state index contributed by atoms with van der Waals surface area (Å²) < 4.78 is 5.03. The standard InChI is InChI=1S/C13H26N2O2/c1-4-15(7-8-17-3)13(16)11-9-10(2)5-6-12(11)14/h10-12H,4-9,14H2,1-3H3. The lowest BCUT2D eigenvalue weighted by Gasteiger charge is -2.35. The van der Waals surface area contributed by atoms with Gasteiger partial charge in [-0.15, -0.1) is 0 Å². The summed E-state index contributed by atoms with van der Waals surface area (Å²) in [6, 6.07) is 0.0373. The molecule has 0 saturated heterocycles. The van der Waals surface area contributed by atoms with Crippen molar-refractivity contribution in [3.8, 4) is 0 Å². The number of ether oxygens (including phenoxy) is 1. The number of likely N-dealkylation sites (N-methyl/N-ethyl adjacent to an activating group) is 1. The molecule has 0 heterocycles. The van der Waals surface area contributed by atoms with Crippen LogP contribution in [-0.2, 0) is 9.53 Å². The lowest BCUT2D eigenvalue weighted by Crippen LogP contribution is -2.47. The Labute approximate surface area is 104 Å². The summed E-state index contributed by atoms with van der Waals surface area (Å²) in [4.78, 5) is 14.2. The molecular weight excluding hydrogens is 216 g/mol. The van der Waals surface area contributed by atoms with Crippen LogP contribution < -0.4 is 5.73 Å². The van der Waals surface area contributed by atoms with E-state index in [1.165, 1.54) is 0 Å². The molecule has 1 amide bonds. The SMILES string of the molecule is CCN(CCOC)C(=O)C1CC(C)CCC1N. The van der Waals surface area contributed by atoms with Gasteiger partial charge in [0.25, 0.3) is 0 Å². The number of nitrogens with two attached hydrogens (primary N) is 1. The Morgan fingerprint density at radius 1 is 1.47 bits per heavy atom. The Morgan fingerprint density at radius 3 is 2.76 bits per heavy atom. The van der Waals surface area contributed by atoms with Crippen molar-refractivity contribution in [2.24, 2.45) is 17.6 Å². The van der Waals surface area contributed by atoms with Gasteiger partial charge in [-0.25, -0.2) is 0 Å². The highest BCUT2D eigenvalue weighted by Gasteiger charge is 2.33. The third kappa shape index (κ3) is 3.96. The predicted octanol–water partition coefficient (Wildman–Crippen LogP) is 1.24. The largest absolute Gasteiger partial charge is 0.383 e. The van der Waals surface area contributed by atoms with Crippen LogP contribution in [0.2, 0.25) is 0 Å². The van der Waals surface area contributed by atoms with Crippen molar-refractivity contribution in [2.75, 3.05) is 26.8 Å². The maximum Gasteiger partial charge on any atom is 0.227 e. The molecule has 1 aliphatic carbocycles.